The molecule has 0 atom stereocenters. The van der Waals surface area contributed by atoms with Crippen molar-refractivity contribution in [1.29, 1.82) is 0 Å². The van der Waals surface area contributed by atoms with Crippen molar-refractivity contribution < 1.29 is 9.32 Å². The van der Waals surface area contributed by atoms with Crippen molar-refractivity contribution in [3.63, 3.8) is 0 Å². The normalized spacial score (nSPS) is 15.5. The lowest BCUT2D eigenvalue weighted by Crippen LogP contribution is -2.48. The van der Waals surface area contributed by atoms with Crippen molar-refractivity contribution in [1.82, 2.24) is 19.9 Å². The van der Waals surface area contributed by atoms with Gasteiger partial charge in [0.15, 0.2) is 0 Å². The highest BCUT2D eigenvalue weighted by atomic mass is 16.5. The highest BCUT2D eigenvalue weighted by Gasteiger charge is 2.24. The summed E-state index contributed by atoms with van der Waals surface area (Å²) < 4.78 is 5.10. The fourth-order valence-corrected chi connectivity index (χ4v) is 3.38. The first-order chi connectivity index (χ1) is 12.6. The summed E-state index contributed by atoms with van der Waals surface area (Å²) in [5.74, 6) is 0.708. The van der Waals surface area contributed by atoms with Crippen LogP contribution >= 0.6 is 0 Å². The summed E-state index contributed by atoms with van der Waals surface area (Å²) in [7, 11) is 0. The number of aromatic nitrogens is 2. The van der Waals surface area contributed by atoms with Gasteiger partial charge in [-0.15, -0.1) is 0 Å². The average Bonchev–Trinajstić information content (AvgIpc) is 3.06. The van der Waals surface area contributed by atoms with Gasteiger partial charge in [0.1, 0.15) is 5.76 Å². The average molecular weight is 352 g/mol. The van der Waals surface area contributed by atoms with Crippen molar-refractivity contribution in [3.05, 3.63) is 63.8 Å². The first-order valence-corrected chi connectivity index (χ1v) is 8.66. The van der Waals surface area contributed by atoms with E-state index in [-0.39, 0.29) is 11.5 Å². The van der Waals surface area contributed by atoms with Gasteiger partial charge in [-0.1, -0.05) is 23.4 Å². The number of benzene rings is 1. The number of hydrogen-bond acceptors (Lipinski definition) is 5. The number of pyridine rings is 1. The molecule has 7 heteroatoms. The summed E-state index contributed by atoms with van der Waals surface area (Å²) in [5, 5.41) is 4.80. The Balaban J connectivity index is 1.48. The predicted molar refractivity (Wildman–Crippen MR) is 97.0 cm³/mol. The number of H-pyrrole nitrogens is 1. The van der Waals surface area contributed by atoms with E-state index in [9.17, 15) is 9.59 Å². The summed E-state index contributed by atoms with van der Waals surface area (Å²) in [6.07, 6.45) is 0. The molecule has 1 saturated heterocycles. The fourth-order valence-electron chi connectivity index (χ4n) is 3.38. The molecule has 0 bridgehead atoms. The van der Waals surface area contributed by atoms with Gasteiger partial charge in [-0.2, -0.15) is 0 Å². The van der Waals surface area contributed by atoms with Gasteiger partial charge in [0.05, 0.1) is 11.3 Å². The lowest BCUT2D eigenvalue weighted by Gasteiger charge is -2.34. The molecule has 1 fully saturated rings. The molecule has 4 rings (SSSR count). The number of carbonyl (C=O) groups is 1. The van der Waals surface area contributed by atoms with Crippen molar-refractivity contribution in [2.45, 2.75) is 13.5 Å². The lowest BCUT2D eigenvalue weighted by molar-refractivity contribution is 0.0627. The number of carbonyl (C=O) groups excluding carboxylic acids is 1. The molecule has 0 spiro atoms. The Morgan fingerprint density at radius 3 is 2.69 bits per heavy atom. The number of rotatable bonds is 3. The Hall–Kier alpha value is -2.93. The fraction of sp³-hybridized carbons (Fsp3) is 0.316. The predicted octanol–water partition coefficient (Wildman–Crippen LogP) is 1.78. The van der Waals surface area contributed by atoms with Crippen LogP contribution in [0.3, 0.4) is 0 Å². The van der Waals surface area contributed by atoms with Crippen LogP contribution in [-0.2, 0) is 6.54 Å². The summed E-state index contributed by atoms with van der Waals surface area (Å²) in [5.41, 5.74) is 1.79. The molecule has 2 aromatic heterocycles. The Morgan fingerprint density at radius 2 is 1.96 bits per heavy atom. The zero-order chi connectivity index (χ0) is 18.1. The van der Waals surface area contributed by atoms with Crippen molar-refractivity contribution in [2.75, 3.05) is 26.2 Å². The highest BCUT2D eigenvalue weighted by Crippen LogP contribution is 2.18. The van der Waals surface area contributed by atoms with Crippen molar-refractivity contribution in [3.8, 4) is 0 Å². The second-order valence-electron chi connectivity index (χ2n) is 6.59. The van der Waals surface area contributed by atoms with E-state index in [1.165, 1.54) is 6.07 Å². The van der Waals surface area contributed by atoms with Crippen LogP contribution in [0.25, 0.3) is 10.9 Å². The Morgan fingerprint density at radius 1 is 1.19 bits per heavy atom. The molecule has 0 radical (unpaired) electrons. The van der Waals surface area contributed by atoms with Gasteiger partial charge in [0.25, 0.3) is 5.91 Å². The summed E-state index contributed by atoms with van der Waals surface area (Å²) in [4.78, 5) is 31.7. The molecule has 1 amide bonds. The number of aromatic amines is 1. The van der Waals surface area contributed by atoms with Crippen LogP contribution in [0.4, 0.5) is 0 Å². The SMILES string of the molecule is Cc1cc(CN2CCN(C(=O)c3cc(=O)[nH]c4ccccc34)CC2)no1. The minimum atomic E-state index is -0.257. The topological polar surface area (TPSA) is 82.4 Å². The van der Waals surface area contributed by atoms with E-state index >= 15 is 0 Å². The van der Waals surface area contributed by atoms with Gasteiger partial charge < -0.3 is 14.4 Å². The first-order valence-electron chi connectivity index (χ1n) is 8.66. The monoisotopic (exact) mass is 352 g/mol. The number of aryl methyl sites for hydroxylation is 1. The number of nitrogens with zero attached hydrogens (tertiary/aromatic N) is 3. The third-order valence-corrected chi connectivity index (χ3v) is 4.70. The van der Waals surface area contributed by atoms with Crippen LogP contribution in [0, 0.1) is 6.92 Å². The standard InChI is InChI=1S/C19H20N4O3/c1-13-10-14(21-26-13)12-22-6-8-23(9-7-22)19(25)16-11-18(24)20-17-5-3-2-4-15(16)17/h2-5,10-11H,6-9,12H2,1H3,(H,20,24). The molecular weight excluding hydrogens is 332 g/mol. The van der Waals surface area contributed by atoms with E-state index in [1.807, 2.05) is 42.2 Å². The van der Waals surface area contributed by atoms with Crippen LogP contribution in [0.5, 0.6) is 0 Å². The largest absolute Gasteiger partial charge is 0.361 e. The van der Waals surface area contributed by atoms with Crippen LogP contribution in [0.15, 0.2) is 45.7 Å². The van der Waals surface area contributed by atoms with Crippen molar-refractivity contribution in [2.24, 2.45) is 0 Å². The van der Waals surface area contributed by atoms with Gasteiger partial charge in [0, 0.05) is 55.8 Å². The van der Waals surface area contributed by atoms with E-state index in [4.69, 9.17) is 4.52 Å². The number of piperazine rings is 1. The third-order valence-electron chi connectivity index (χ3n) is 4.70. The number of hydrogen-bond donors (Lipinski definition) is 1. The number of fused-ring (bicyclic) bond motifs is 1. The van der Waals surface area contributed by atoms with E-state index in [1.54, 1.807) is 0 Å². The molecule has 1 N–H and O–H groups in total. The molecule has 0 saturated carbocycles. The number of nitrogens with one attached hydrogen (secondary N) is 1. The minimum Gasteiger partial charge on any atom is -0.361 e. The van der Waals surface area contributed by atoms with Crippen LogP contribution in [0.2, 0.25) is 0 Å². The lowest BCUT2D eigenvalue weighted by atomic mass is 10.1. The molecule has 1 aromatic carbocycles. The number of para-hydroxylation sites is 1. The van der Waals surface area contributed by atoms with Crippen molar-refractivity contribution >= 4 is 16.8 Å². The molecule has 134 valence electrons. The molecule has 26 heavy (non-hydrogen) atoms. The van der Waals surface area contributed by atoms with Gasteiger partial charge in [0.2, 0.25) is 5.56 Å². The van der Waals surface area contributed by atoms with E-state index < -0.39 is 0 Å². The maximum atomic E-state index is 13.0. The summed E-state index contributed by atoms with van der Waals surface area (Å²) >= 11 is 0. The minimum absolute atomic E-state index is 0.0933. The van der Waals surface area contributed by atoms with Gasteiger partial charge in [-0.05, 0) is 13.0 Å². The van der Waals surface area contributed by atoms with Crippen LogP contribution in [-0.4, -0.2) is 52.0 Å². The summed E-state index contributed by atoms with van der Waals surface area (Å²) in [6.45, 7) is 5.36. The molecule has 1 aliphatic rings. The Bertz CT molecular complexity index is 999. The molecule has 7 nitrogen and oxygen atoms in total. The van der Waals surface area contributed by atoms with Crippen LogP contribution < -0.4 is 5.56 Å². The second kappa shape index (κ2) is 6.76. The molecule has 1 aliphatic heterocycles. The molecule has 0 unspecified atom stereocenters. The molecule has 3 heterocycles. The van der Waals surface area contributed by atoms with Gasteiger partial charge in [-0.3, -0.25) is 14.5 Å². The molecule has 3 aromatic rings. The zero-order valence-corrected chi connectivity index (χ0v) is 14.6. The highest BCUT2D eigenvalue weighted by molar-refractivity contribution is 6.05. The van der Waals surface area contributed by atoms with E-state index in [2.05, 4.69) is 15.0 Å². The Labute approximate surface area is 150 Å². The second-order valence-corrected chi connectivity index (χ2v) is 6.59. The van der Waals surface area contributed by atoms with Crippen LogP contribution in [0.1, 0.15) is 21.8 Å². The number of amides is 1. The Kier molecular flexibility index (Phi) is 4.30. The quantitative estimate of drug-likeness (QED) is 0.777. The van der Waals surface area contributed by atoms with Gasteiger partial charge in [-0.25, -0.2) is 0 Å². The molecular formula is C19H20N4O3. The molecule has 0 aliphatic carbocycles. The summed E-state index contributed by atoms with van der Waals surface area (Å²) in [6, 6.07) is 10.7. The third kappa shape index (κ3) is 3.25. The van der Waals surface area contributed by atoms with E-state index in [0.717, 1.165) is 29.9 Å². The first kappa shape index (κ1) is 16.5. The van der Waals surface area contributed by atoms with E-state index in [0.29, 0.717) is 30.7 Å². The maximum Gasteiger partial charge on any atom is 0.254 e. The van der Waals surface area contributed by atoms with Gasteiger partial charge >= 0.3 is 0 Å². The zero-order valence-electron chi connectivity index (χ0n) is 14.6. The maximum absolute atomic E-state index is 13.0. The smallest absolute Gasteiger partial charge is 0.254 e.